The van der Waals surface area contributed by atoms with Gasteiger partial charge in [-0.25, -0.2) is 0 Å². The lowest BCUT2D eigenvalue weighted by molar-refractivity contribution is -0.126. The fourth-order valence-corrected chi connectivity index (χ4v) is 1.83. The second-order valence-electron chi connectivity index (χ2n) is 4.20. The number of nitrogens with zero attached hydrogens (tertiary/aromatic N) is 1. The molecule has 6 heteroatoms. The number of aromatic nitrogens is 1. The van der Waals surface area contributed by atoms with Crippen LogP contribution in [0.4, 0.5) is 5.69 Å². The molecule has 6 nitrogen and oxygen atoms in total. The minimum atomic E-state index is -0.248. The van der Waals surface area contributed by atoms with Crippen LogP contribution in [-0.2, 0) is 9.59 Å². The van der Waals surface area contributed by atoms with Gasteiger partial charge in [0.25, 0.3) is 0 Å². The zero-order chi connectivity index (χ0) is 12.8. The van der Waals surface area contributed by atoms with Crippen molar-refractivity contribution in [3.8, 4) is 0 Å². The maximum Gasteiger partial charge on any atom is 0.243 e. The molecule has 1 saturated heterocycles. The Balaban J connectivity index is 1.73. The molecule has 1 unspecified atom stereocenters. The molecule has 1 atom stereocenters. The lowest BCUT2D eigenvalue weighted by Crippen LogP contribution is -2.37. The summed E-state index contributed by atoms with van der Waals surface area (Å²) < 4.78 is 0. The molecule has 0 saturated carbocycles. The second kappa shape index (κ2) is 6.11. The maximum absolute atomic E-state index is 11.7. The summed E-state index contributed by atoms with van der Waals surface area (Å²) in [6.45, 7) is 1.54. The Morgan fingerprint density at radius 1 is 1.50 bits per heavy atom. The van der Waals surface area contributed by atoms with Crippen LogP contribution < -0.4 is 16.0 Å². The molecular formula is C12H16N4O2. The van der Waals surface area contributed by atoms with Crippen molar-refractivity contribution in [2.45, 2.75) is 6.42 Å². The molecule has 1 aliphatic rings. The molecule has 1 fully saturated rings. The van der Waals surface area contributed by atoms with Gasteiger partial charge >= 0.3 is 0 Å². The zero-order valence-corrected chi connectivity index (χ0v) is 9.98. The van der Waals surface area contributed by atoms with Crippen LogP contribution in [0, 0.1) is 5.92 Å². The summed E-state index contributed by atoms with van der Waals surface area (Å²) in [4.78, 5) is 27.1. The normalized spacial score (nSPS) is 18.3. The number of hydrogen-bond acceptors (Lipinski definition) is 4. The molecule has 1 aromatic heterocycles. The third kappa shape index (κ3) is 3.53. The van der Waals surface area contributed by atoms with Gasteiger partial charge < -0.3 is 16.0 Å². The molecule has 2 rings (SSSR count). The highest BCUT2D eigenvalue weighted by atomic mass is 16.2. The van der Waals surface area contributed by atoms with E-state index in [1.54, 1.807) is 24.5 Å². The van der Waals surface area contributed by atoms with Crippen LogP contribution in [0.2, 0.25) is 0 Å². The summed E-state index contributed by atoms with van der Waals surface area (Å²) in [6, 6.07) is 3.48. The molecule has 2 amide bonds. The van der Waals surface area contributed by atoms with E-state index in [-0.39, 0.29) is 24.3 Å². The molecule has 0 bridgehead atoms. The number of carbonyl (C=O) groups is 2. The SMILES string of the molecule is O=C(CNC(=O)C1CCNC1)Nc1cccnc1. The molecule has 0 spiro atoms. The predicted molar refractivity (Wildman–Crippen MR) is 66.9 cm³/mol. The van der Waals surface area contributed by atoms with Crippen molar-refractivity contribution in [2.24, 2.45) is 5.92 Å². The molecule has 1 aromatic rings. The monoisotopic (exact) mass is 248 g/mol. The summed E-state index contributed by atoms with van der Waals surface area (Å²) >= 11 is 0. The first-order chi connectivity index (χ1) is 8.75. The maximum atomic E-state index is 11.7. The Morgan fingerprint density at radius 3 is 3.06 bits per heavy atom. The summed E-state index contributed by atoms with van der Waals surface area (Å²) in [6.07, 6.45) is 4.02. The molecule has 0 aliphatic carbocycles. The van der Waals surface area contributed by atoms with E-state index in [1.807, 2.05) is 0 Å². The molecule has 2 heterocycles. The van der Waals surface area contributed by atoms with Crippen LogP contribution in [0.3, 0.4) is 0 Å². The Hall–Kier alpha value is -1.95. The summed E-state index contributed by atoms with van der Waals surface area (Å²) in [5, 5.41) is 8.40. The molecule has 3 N–H and O–H groups in total. The van der Waals surface area contributed by atoms with Crippen molar-refractivity contribution in [2.75, 3.05) is 25.0 Å². The van der Waals surface area contributed by atoms with E-state index >= 15 is 0 Å². The highest BCUT2D eigenvalue weighted by molar-refractivity contribution is 5.94. The highest BCUT2D eigenvalue weighted by Crippen LogP contribution is 2.06. The Morgan fingerprint density at radius 2 is 2.39 bits per heavy atom. The average Bonchev–Trinajstić information content (AvgIpc) is 2.91. The van der Waals surface area contributed by atoms with Crippen LogP contribution >= 0.6 is 0 Å². The molecular weight excluding hydrogens is 232 g/mol. The summed E-state index contributed by atoms with van der Waals surface area (Å²) in [5.41, 5.74) is 0.624. The van der Waals surface area contributed by atoms with Crippen molar-refractivity contribution < 1.29 is 9.59 Å². The smallest absolute Gasteiger partial charge is 0.243 e. The van der Waals surface area contributed by atoms with Gasteiger partial charge in [0.2, 0.25) is 11.8 Å². The second-order valence-corrected chi connectivity index (χ2v) is 4.20. The minimum absolute atomic E-state index is 0.00969. The van der Waals surface area contributed by atoms with Crippen LogP contribution in [0.15, 0.2) is 24.5 Å². The fourth-order valence-electron chi connectivity index (χ4n) is 1.83. The number of rotatable bonds is 4. The topological polar surface area (TPSA) is 83.1 Å². The summed E-state index contributed by atoms with van der Waals surface area (Å²) in [5.74, 6) is -0.333. The van der Waals surface area contributed by atoms with Gasteiger partial charge in [-0.3, -0.25) is 14.6 Å². The van der Waals surface area contributed by atoms with Gasteiger partial charge in [-0.05, 0) is 25.1 Å². The zero-order valence-electron chi connectivity index (χ0n) is 9.98. The van der Waals surface area contributed by atoms with Gasteiger partial charge in [0, 0.05) is 12.7 Å². The van der Waals surface area contributed by atoms with Crippen LogP contribution in [0.5, 0.6) is 0 Å². The Kier molecular flexibility index (Phi) is 4.25. The van der Waals surface area contributed by atoms with Gasteiger partial charge in [-0.15, -0.1) is 0 Å². The van der Waals surface area contributed by atoms with Crippen molar-refractivity contribution in [3.05, 3.63) is 24.5 Å². The van der Waals surface area contributed by atoms with E-state index in [9.17, 15) is 9.59 Å². The molecule has 18 heavy (non-hydrogen) atoms. The largest absolute Gasteiger partial charge is 0.347 e. The summed E-state index contributed by atoms with van der Waals surface area (Å²) in [7, 11) is 0. The van der Waals surface area contributed by atoms with Crippen LogP contribution in [0.1, 0.15) is 6.42 Å². The van der Waals surface area contributed by atoms with E-state index in [4.69, 9.17) is 0 Å². The van der Waals surface area contributed by atoms with E-state index in [0.29, 0.717) is 12.2 Å². The van der Waals surface area contributed by atoms with Crippen molar-refractivity contribution >= 4 is 17.5 Å². The van der Waals surface area contributed by atoms with Gasteiger partial charge in [0.05, 0.1) is 24.3 Å². The average molecular weight is 248 g/mol. The van der Waals surface area contributed by atoms with Gasteiger partial charge in [-0.1, -0.05) is 0 Å². The first-order valence-electron chi connectivity index (χ1n) is 5.94. The van der Waals surface area contributed by atoms with E-state index < -0.39 is 0 Å². The third-order valence-corrected chi connectivity index (χ3v) is 2.80. The fraction of sp³-hybridized carbons (Fsp3) is 0.417. The molecule has 1 aliphatic heterocycles. The third-order valence-electron chi connectivity index (χ3n) is 2.80. The molecule has 96 valence electrons. The van der Waals surface area contributed by atoms with Crippen molar-refractivity contribution in [1.82, 2.24) is 15.6 Å². The van der Waals surface area contributed by atoms with Gasteiger partial charge in [-0.2, -0.15) is 0 Å². The number of pyridine rings is 1. The van der Waals surface area contributed by atoms with E-state index in [2.05, 4.69) is 20.9 Å². The lowest BCUT2D eigenvalue weighted by atomic mass is 10.1. The number of anilines is 1. The van der Waals surface area contributed by atoms with Gasteiger partial charge in [0.15, 0.2) is 0 Å². The number of nitrogens with one attached hydrogen (secondary N) is 3. The Labute approximate surface area is 105 Å². The first kappa shape index (κ1) is 12.5. The van der Waals surface area contributed by atoms with E-state index in [0.717, 1.165) is 13.0 Å². The van der Waals surface area contributed by atoms with Crippen LogP contribution in [-0.4, -0.2) is 36.4 Å². The standard InChI is InChI=1S/C12H16N4O2/c17-11(16-10-2-1-4-13-7-10)8-15-12(18)9-3-5-14-6-9/h1-2,4,7,9,14H,3,5-6,8H2,(H,15,18)(H,16,17). The number of amides is 2. The quantitative estimate of drug-likeness (QED) is 0.686. The van der Waals surface area contributed by atoms with Crippen molar-refractivity contribution in [3.63, 3.8) is 0 Å². The number of hydrogen-bond donors (Lipinski definition) is 3. The lowest BCUT2D eigenvalue weighted by Gasteiger charge is -2.09. The van der Waals surface area contributed by atoms with Crippen LogP contribution in [0.25, 0.3) is 0 Å². The molecule has 0 radical (unpaired) electrons. The first-order valence-corrected chi connectivity index (χ1v) is 5.94. The molecule has 0 aromatic carbocycles. The van der Waals surface area contributed by atoms with E-state index in [1.165, 1.54) is 0 Å². The number of carbonyl (C=O) groups excluding carboxylic acids is 2. The highest BCUT2D eigenvalue weighted by Gasteiger charge is 2.22. The minimum Gasteiger partial charge on any atom is -0.347 e. The van der Waals surface area contributed by atoms with Gasteiger partial charge in [0.1, 0.15) is 0 Å². The predicted octanol–water partition coefficient (Wildman–Crippen LogP) is -0.254. The van der Waals surface area contributed by atoms with Crippen molar-refractivity contribution in [1.29, 1.82) is 0 Å². The Bertz CT molecular complexity index is 415.